The molecule has 0 aliphatic heterocycles. The molecule has 1 amide bonds. The Morgan fingerprint density at radius 1 is 1.27 bits per heavy atom. The van der Waals surface area contributed by atoms with Gasteiger partial charge < -0.3 is 15.5 Å². The molecule has 0 unspecified atom stereocenters. The number of anilines is 1. The van der Waals surface area contributed by atoms with Gasteiger partial charge in [-0.25, -0.2) is 0 Å². The van der Waals surface area contributed by atoms with Gasteiger partial charge in [-0.2, -0.15) is 0 Å². The summed E-state index contributed by atoms with van der Waals surface area (Å²) in [7, 11) is 0. The number of amides is 1. The Kier molecular flexibility index (Phi) is 11.7. The van der Waals surface area contributed by atoms with Crippen molar-refractivity contribution in [2.24, 2.45) is 11.7 Å². The van der Waals surface area contributed by atoms with E-state index in [0.29, 0.717) is 5.92 Å². The van der Waals surface area contributed by atoms with E-state index in [1.54, 1.807) is 19.2 Å². The van der Waals surface area contributed by atoms with Crippen molar-refractivity contribution >= 4 is 11.6 Å². The molecule has 0 atom stereocenters. The Balaban J connectivity index is 3.06. The van der Waals surface area contributed by atoms with Gasteiger partial charge in [-0.1, -0.05) is 52.0 Å². The number of rotatable bonds is 13. The maximum absolute atomic E-state index is 12.0. The van der Waals surface area contributed by atoms with Crippen molar-refractivity contribution < 1.29 is 4.79 Å². The van der Waals surface area contributed by atoms with E-state index in [4.69, 9.17) is 5.73 Å². The lowest BCUT2D eigenvalue weighted by atomic mass is 10.0. The maximum atomic E-state index is 12.0. The van der Waals surface area contributed by atoms with Gasteiger partial charge in [-0.15, -0.1) is 0 Å². The smallest absolute Gasteiger partial charge is 0.219 e. The summed E-state index contributed by atoms with van der Waals surface area (Å²) in [4.78, 5) is 16.3. The summed E-state index contributed by atoms with van der Waals surface area (Å²) in [6, 6.07) is 6.72. The monoisotopic (exact) mass is 411 g/mol. The normalized spacial score (nSPS) is 11.9. The highest BCUT2D eigenvalue weighted by atomic mass is 16.2. The summed E-state index contributed by atoms with van der Waals surface area (Å²) in [5.74, 6) is 0.615. The van der Waals surface area contributed by atoms with Crippen molar-refractivity contribution in [3.63, 3.8) is 0 Å². The lowest BCUT2D eigenvalue weighted by Gasteiger charge is -2.29. The van der Waals surface area contributed by atoms with Crippen LogP contribution in [0.1, 0.15) is 51.7 Å². The van der Waals surface area contributed by atoms with Gasteiger partial charge in [0.05, 0.1) is 0 Å². The van der Waals surface area contributed by atoms with Crippen LogP contribution in [0.25, 0.3) is 0 Å². The molecule has 0 spiro atoms. The van der Waals surface area contributed by atoms with E-state index >= 15 is 0 Å². The summed E-state index contributed by atoms with van der Waals surface area (Å²) in [6.07, 6.45) is 10.4. The lowest BCUT2D eigenvalue weighted by Crippen LogP contribution is -2.35. The summed E-state index contributed by atoms with van der Waals surface area (Å²) in [5, 5.41) is 0. The third-order valence-electron chi connectivity index (χ3n) is 5.12. The fraction of sp³-hybridized carbons (Fsp3) is 0.500. The second-order valence-electron chi connectivity index (χ2n) is 8.33. The number of carbonyl (C=O) groups excluding carboxylic acids is 1. The molecular formula is C26H41N3O. The molecule has 1 aromatic rings. The number of nitrogens with zero attached hydrogens (tertiary/aromatic N) is 2. The SMILES string of the molecule is C=C/C=C(\C=C/N)CN(CCCN(CC(C)C)C(C)=O)c1ccc(C)c(CCC)c1. The first-order valence-corrected chi connectivity index (χ1v) is 11.1. The average Bonchev–Trinajstić information content (AvgIpc) is 2.68. The summed E-state index contributed by atoms with van der Waals surface area (Å²) in [6.45, 7) is 17.4. The van der Waals surface area contributed by atoms with Gasteiger partial charge in [0.1, 0.15) is 0 Å². The molecule has 0 radical (unpaired) electrons. The fourth-order valence-electron chi connectivity index (χ4n) is 3.62. The van der Waals surface area contributed by atoms with E-state index < -0.39 is 0 Å². The van der Waals surface area contributed by atoms with Crippen molar-refractivity contribution in [2.45, 2.75) is 53.9 Å². The van der Waals surface area contributed by atoms with Crippen LogP contribution in [0.4, 0.5) is 5.69 Å². The van der Waals surface area contributed by atoms with Gasteiger partial charge in [0, 0.05) is 38.8 Å². The number of aryl methyl sites for hydroxylation is 2. The van der Waals surface area contributed by atoms with Crippen molar-refractivity contribution in [2.75, 3.05) is 31.1 Å². The minimum Gasteiger partial charge on any atom is -0.405 e. The van der Waals surface area contributed by atoms with Crippen LogP contribution in [0.3, 0.4) is 0 Å². The summed E-state index contributed by atoms with van der Waals surface area (Å²) >= 11 is 0. The molecule has 0 fully saturated rings. The topological polar surface area (TPSA) is 49.6 Å². The molecule has 166 valence electrons. The number of nitrogens with two attached hydrogens (primary N) is 1. The van der Waals surface area contributed by atoms with Gasteiger partial charge in [-0.3, -0.25) is 4.79 Å². The highest BCUT2D eigenvalue weighted by Gasteiger charge is 2.14. The van der Waals surface area contributed by atoms with Crippen LogP contribution in [0.5, 0.6) is 0 Å². The number of benzene rings is 1. The molecule has 0 saturated carbocycles. The Morgan fingerprint density at radius 2 is 2.00 bits per heavy atom. The number of carbonyl (C=O) groups is 1. The van der Waals surface area contributed by atoms with Gasteiger partial charge >= 0.3 is 0 Å². The quantitative estimate of drug-likeness (QED) is 0.452. The van der Waals surface area contributed by atoms with Crippen LogP contribution < -0.4 is 10.6 Å². The predicted molar refractivity (Wildman–Crippen MR) is 131 cm³/mol. The second kappa shape index (κ2) is 13.7. The molecule has 0 bridgehead atoms. The van der Waals surface area contributed by atoms with E-state index in [1.165, 1.54) is 16.8 Å². The van der Waals surface area contributed by atoms with Gasteiger partial charge in [-0.05, 0) is 66.8 Å². The van der Waals surface area contributed by atoms with Crippen LogP contribution in [0.2, 0.25) is 0 Å². The van der Waals surface area contributed by atoms with Crippen molar-refractivity contribution in [1.29, 1.82) is 0 Å². The van der Waals surface area contributed by atoms with E-state index in [0.717, 1.165) is 51.0 Å². The first-order chi connectivity index (χ1) is 14.3. The molecule has 0 heterocycles. The Bertz CT molecular complexity index is 734. The lowest BCUT2D eigenvalue weighted by molar-refractivity contribution is -0.129. The van der Waals surface area contributed by atoms with Crippen LogP contribution in [0, 0.1) is 12.8 Å². The molecule has 2 N–H and O–H groups in total. The summed E-state index contributed by atoms with van der Waals surface area (Å²) < 4.78 is 0. The molecule has 0 aliphatic rings. The third kappa shape index (κ3) is 8.89. The third-order valence-corrected chi connectivity index (χ3v) is 5.12. The molecule has 0 aromatic heterocycles. The predicted octanol–water partition coefficient (Wildman–Crippen LogP) is 5.23. The zero-order chi connectivity index (χ0) is 22.5. The number of allylic oxidation sites excluding steroid dienone is 2. The molecular weight excluding hydrogens is 370 g/mol. The van der Waals surface area contributed by atoms with Crippen molar-refractivity contribution in [3.8, 4) is 0 Å². The summed E-state index contributed by atoms with van der Waals surface area (Å²) in [5.41, 5.74) is 10.7. The van der Waals surface area contributed by atoms with Crippen molar-refractivity contribution in [1.82, 2.24) is 4.90 Å². The largest absolute Gasteiger partial charge is 0.405 e. The Morgan fingerprint density at radius 3 is 2.57 bits per heavy atom. The van der Waals surface area contributed by atoms with Crippen LogP contribution in [-0.4, -0.2) is 37.0 Å². The number of hydrogen-bond donors (Lipinski definition) is 1. The van der Waals surface area contributed by atoms with Crippen molar-refractivity contribution in [3.05, 3.63) is 65.9 Å². The van der Waals surface area contributed by atoms with Crippen LogP contribution in [0.15, 0.2) is 54.8 Å². The highest BCUT2D eigenvalue weighted by molar-refractivity contribution is 5.73. The van der Waals surface area contributed by atoms with E-state index in [2.05, 4.69) is 57.4 Å². The highest BCUT2D eigenvalue weighted by Crippen LogP contribution is 2.22. The number of hydrogen-bond acceptors (Lipinski definition) is 3. The minimum atomic E-state index is 0.147. The first kappa shape index (κ1) is 25.5. The molecule has 4 heteroatoms. The van der Waals surface area contributed by atoms with E-state index in [1.807, 2.05) is 17.1 Å². The molecule has 1 aromatic carbocycles. The van der Waals surface area contributed by atoms with E-state index in [-0.39, 0.29) is 5.91 Å². The van der Waals surface area contributed by atoms with E-state index in [9.17, 15) is 4.79 Å². The fourth-order valence-corrected chi connectivity index (χ4v) is 3.62. The molecule has 1 rings (SSSR count). The standard InChI is InChI=1S/C26H41N3O/c1-7-10-24(14-15-27)20-29(17-9-16-28(23(6)30)19-21(3)4)26-13-12-22(5)25(18-26)11-8-2/h7,10,12-15,18,21H,1,8-9,11,16-17,19-20,27H2,2-6H3/b15-14-,24-10+. The molecule has 30 heavy (non-hydrogen) atoms. The zero-order valence-corrected chi connectivity index (χ0v) is 19.7. The van der Waals surface area contributed by atoms with Gasteiger partial charge in [0.25, 0.3) is 0 Å². The second-order valence-corrected chi connectivity index (χ2v) is 8.33. The van der Waals surface area contributed by atoms with Crippen LogP contribution in [-0.2, 0) is 11.2 Å². The van der Waals surface area contributed by atoms with Crippen LogP contribution >= 0.6 is 0 Å². The Hall–Kier alpha value is -2.49. The Labute approximate surface area is 184 Å². The molecule has 0 saturated heterocycles. The molecule has 0 aliphatic carbocycles. The average molecular weight is 412 g/mol. The maximum Gasteiger partial charge on any atom is 0.219 e. The van der Waals surface area contributed by atoms with Gasteiger partial charge in [0.15, 0.2) is 0 Å². The zero-order valence-electron chi connectivity index (χ0n) is 19.7. The van der Waals surface area contributed by atoms with Gasteiger partial charge in [0.2, 0.25) is 5.91 Å². The molecule has 4 nitrogen and oxygen atoms in total. The first-order valence-electron chi connectivity index (χ1n) is 11.1. The minimum absolute atomic E-state index is 0.147.